The van der Waals surface area contributed by atoms with Crippen molar-refractivity contribution in [2.45, 2.75) is 0 Å². The van der Waals surface area contributed by atoms with Crippen molar-refractivity contribution in [3.05, 3.63) is 17.2 Å². The van der Waals surface area contributed by atoms with Crippen LogP contribution in [0.15, 0.2) is 0 Å². The number of hydrogen-bond donors (Lipinski definition) is 6. The molecule has 0 aromatic rings. The maximum Gasteiger partial charge on any atom is 0.199 e. The van der Waals surface area contributed by atoms with Gasteiger partial charge in [0, 0.05) is 142 Å². The normalized spacial score (nSPS) is 9.79. The fraction of sp³-hybridized carbons (Fsp3) is 0.857. The molecular formula is C21H48N11O3W3-3. The molecule has 17 heteroatoms. The van der Waals surface area contributed by atoms with Gasteiger partial charge in [0.05, 0.1) is 0 Å². The summed E-state index contributed by atoms with van der Waals surface area (Å²) >= 11 is 0. The Morgan fingerprint density at radius 1 is 0.474 bits per heavy atom. The number of nitrogens with one attached hydrogen (secondary N) is 9. The molecule has 0 radical (unpaired) electrons. The van der Waals surface area contributed by atoms with Gasteiger partial charge < -0.3 is 49.1 Å². The second kappa shape index (κ2) is 37.2. The summed E-state index contributed by atoms with van der Waals surface area (Å²) < 4.78 is 0. The molecule has 9 N–H and O–H groups in total. The van der Waals surface area contributed by atoms with E-state index in [2.05, 4.69) is 36.8 Å². The molecule has 0 fully saturated rings. The van der Waals surface area contributed by atoms with E-state index in [4.69, 9.17) is 17.2 Å². The Morgan fingerprint density at radius 2 is 0.684 bits per heavy atom. The van der Waals surface area contributed by atoms with E-state index in [0.717, 1.165) is 39.3 Å². The van der Waals surface area contributed by atoms with E-state index in [1.807, 2.05) is 26.0 Å². The standard InChI is InChI=1S/C12H24N7O3.C9H24N4.3W/c13-7-10(20)16-1-4-19(5-2-17-11(21)8-14)6-3-18-12(22)9-15;1-10-4-7-13(8-5-11-2)9-6-12-3;;;/h13-15H,1-9H2,(H,16,20)(H,17,21)(H,18,22);10-12H,4-9H2,1-3H3;;;/q-3;;;;. The van der Waals surface area contributed by atoms with Gasteiger partial charge in [-0.15, -0.1) is 0 Å². The number of carbonyl (C=O) groups is 3. The van der Waals surface area contributed by atoms with Crippen LogP contribution in [-0.2, 0) is 77.6 Å². The molecule has 0 aliphatic carbocycles. The number of hydrogen-bond acceptors (Lipinski definition) is 8. The van der Waals surface area contributed by atoms with Crippen LogP contribution in [0.25, 0.3) is 17.2 Å². The summed E-state index contributed by atoms with van der Waals surface area (Å²) in [5.74, 6) is -1.07. The monoisotopic (exact) mass is 1050 g/mol. The SMILES string of the molecule is CNCCN(CCNC)CCNC.[NH-]CC(=O)NCCN(CCNC(=O)C[NH-])CCNC(=O)C[NH-].[W].[W].[W]. The molecule has 0 aromatic carbocycles. The molecule has 0 unspecified atom stereocenters. The molecule has 0 rings (SSSR count). The summed E-state index contributed by atoms with van der Waals surface area (Å²) in [5.41, 5.74) is 20.7. The zero-order valence-corrected chi connectivity index (χ0v) is 31.8. The Morgan fingerprint density at radius 3 is 0.868 bits per heavy atom. The summed E-state index contributed by atoms with van der Waals surface area (Å²) in [4.78, 5) is 37.4. The van der Waals surface area contributed by atoms with Crippen LogP contribution in [0.1, 0.15) is 0 Å². The third-order valence-corrected chi connectivity index (χ3v) is 4.77. The molecule has 0 saturated heterocycles. The van der Waals surface area contributed by atoms with Crippen LogP contribution in [0.5, 0.6) is 0 Å². The Bertz CT molecular complexity index is 471. The Hall–Kier alpha value is 0.155. The predicted octanol–water partition coefficient (Wildman–Crippen LogP) is -2.27. The van der Waals surface area contributed by atoms with Crippen molar-refractivity contribution < 1.29 is 77.6 Å². The zero-order chi connectivity index (χ0) is 26.7. The van der Waals surface area contributed by atoms with Crippen molar-refractivity contribution in [3.8, 4) is 0 Å². The molecule has 0 atom stereocenters. The van der Waals surface area contributed by atoms with Gasteiger partial charge in [-0.05, 0) is 21.1 Å². The summed E-state index contributed by atoms with van der Waals surface area (Å²) in [6, 6.07) is 0. The predicted molar refractivity (Wildman–Crippen MR) is 141 cm³/mol. The van der Waals surface area contributed by atoms with Gasteiger partial charge in [0.1, 0.15) is 0 Å². The minimum absolute atomic E-state index is 0. The Labute approximate surface area is 272 Å². The quantitative estimate of drug-likeness (QED) is 0.0740. The topological polar surface area (TPSA) is 201 Å². The summed E-state index contributed by atoms with van der Waals surface area (Å²) in [6.07, 6.45) is 0. The van der Waals surface area contributed by atoms with E-state index in [-0.39, 0.29) is 101 Å². The van der Waals surface area contributed by atoms with Gasteiger partial charge in [0.15, 0.2) is 17.7 Å². The third-order valence-electron chi connectivity index (χ3n) is 4.77. The smallest absolute Gasteiger partial charge is 0.199 e. The summed E-state index contributed by atoms with van der Waals surface area (Å²) in [7, 11) is 5.98. The van der Waals surface area contributed by atoms with Gasteiger partial charge in [0.25, 0.3) is 0 Å². The van der Waals surface area contributed by atoms with Gasteiger partial charge in [-0.2, -0.15) is 0 Å². The van der Waals surface area contributed by atoms with Crippen LogP contribution in [0, 0.1) is 0 Å². The van der Waals surface area contributed by atoms with E-state index in [9.17, 15) is 14.4 Å². The molecule has 0 aromatic heterocycles. The zero-order valence-electron chi connectivity index (χ0n) is 23.0. The van der Waals surface area contributed by atoms with Gasteiger partial charge in [-0.1, -0.05) is 19.6 Å². The maximum absolute atomic E-state index is 11.0. The fourth-order valence-corrected chi connectivity index (χ4v) is 2.73. The molecule has 0 aliphatic rings. The molecule has 0 spiro atoms. The molecule has 14 nitrogen and oxygen atoms in total. The van der Waals surface area contributed by atoms with E-state index in [1.165, 1.54) is 0 Å². The van der Waals surface area contributed by atoms with E-state index in [0.29, 0.717) is 39.3 Å². The minimum Gasteiger partial charge on any atom is -0.670 e. The van der Waals surface area contributed by atoms with E-state index in [1.54, 1.807) is 0 Å². The number of nitrogens with zero attached hydrogens (tertiary/aromatic N) is 2. The van der Waals surface area contributed by atoms with E-state index < -0.39 is 0 Å². The second-order valence-corrected chi connectivity index (χ2v) is 7.57. The Balaban J connectivity index is -0.000000197. The number of carbonyl (C=O) groups excluding carboxylic acids is 3. The Kier molecular flexibility index (Phi) is 46.9. The van der Waals surface area contributed by atoms with Crippen molar-refractivity contribution in [1.29, 1.82) is 0 Å². The molecule has 0 bridgehead atoms. The molecule has 226 valence electrons. The maximum atomic E-state index is 11.0. The molecule has 38 heavy (non-hydrogen) atoms. The van der Waals surface area contributed by atoms with Crippen LogP contribution in [0.2, 0.25) is 0 Å². The largest absolute Gasteiger partial charge is 0.670 e. The van der Waals surface area contributed by atoms with Crippen LogP contribution in [0.3, 0.4) is 0 Å². The number of amides is 3. The van der Waals surface area contributed by atoms with Crippen LogP contribution in [-0.4, -0.2) is 147 Å². The number of rotatable bonds is 21. The first-order chi connectivity index (χ1) is 16.9. The van der Waals surface area contributed by atoms with Crippen LogP contribution < -0.4 is 31.9 Å². The van der Waals surface area contributed by atoms with Crippen molar-refractivity contribution >= 4 is 17.7 Å². The number of likely N-dealkylation sites (N-methyl/N-ethyl adjacent to an activating group) is 3. The fourth-order valence-electron chi connectivity index (χ4n) is 2.73. The van der Waals surface area contributed by atoms with E-state index >= 15 is 0 Å². The van der Waals surface area contributed by atoms with Gasteiger partial charge in [-0.25, -0.2) is 0 Å². The average Bonchev–Trinajstić information content (AvgIpc) is 2.87. The molecule has 0 saturated carbocycles. The molecule has 0 heterocycles. The summed E-state index contributed by atoms with van der Waals surface area (Å²) in [5, 5.41) is 17.2. The molecule has 0 aliphatic heterocycles. The van der Waals surface area contributed by atoms with Crippen LogP contribution in [0.4, 0.5) is 0 Å². The minimum atomic E-state index is -0.357. The summed E-state index contributed by atoms with van der Waals surface area (Å²) in [6.45, 7) is 8.26. The first kappa shape index (κ1) is 47.9. The van der Waals surface area contributed by atoms with Gasteiger partial charge in [0.2, 0.25) is 0 Å². The van der Waals surface area contributed by atoms with Crippen LogP contribution >= 0.6 is 0 Å². The molecular weight excluding hydrogens is 1010 g/mol. The van der Waals surface area contributed by atoms with Gasteiger partial charge in [-0.3, -0.25) is 24.2 Å². The third kappa shape index (κ3) is 34.2. The van der Waals surface area contributed by atoms with Crippen molar-refractivity contribution in [3.63, 3.8) is 0 Å². The first-order valence-corrected chi connectivity index (χ1v) is 12.0. The van der Waals surface area contributed by atoms with Gasteiger partial charge >= 0.3 is 0 Å². The van der Waals surface area contributed by atoms with Crippen molar-refractivity contribution in [2.75, 3.05) is 119 Å². The van der Waals surface area contributed by atoms with Crippen molar-refractivity contribution in [2.24, 2.45) is 0 Å². The van der Waals surface area contributed by atoms with Crippen molar-refractivity contribution in [1.82, 2.24) is 41.7 Å². The molecule has 3 amide bonds. The first-order valence-electron chi connectivity index (χ1n) is 12.0. The average molecular weight is 1050 g/mol. The second-order valence-electron chi connectivity index (χ2n) is 7.57.